The van der Waals surface area contributed by atoms with E-state index in [1.165, 1.54) is 24.8 Å². The number of hydrogen-bond donors (Lipinski definition) is 1. The molecule has 12 heavy (non-hydrogen) atoms. The number of rotatable bonds is 2. The van der Waals surface area contributed by atoms with E-state index in [0.717, 1.165) is 18.3 Å². The lowest BCUT2D eigenvalue weighted by molar-refractivity contribution is 0.173. The highest BCUT2D eigenvalue weighted by Gasteiger charge is 2.49. The van der Waals surface area contributed by atoms with Crippen molar-refractivity contribution in [2.45, 2.75) is 32.6 Å². The van der Waals surface area contributed by atoms with Gasteiger partial charge in [0.05, 0.1) is 0 Å². The van der Waals surface area contributed by atoms with Crippen LogP contribution in [-0.4, -0.2) is 11.7 Å². The summed E-state index contributed by atoms with van der Waals surface area (Å²) < 4.78 is 0. The maximum Gasteiger partial charge on any atom is 0.0439 e. The van der Waals surface area contributed by atoms with E-state index in [-0.39, 0.29) is 5.41 Å². The van der Waals surface area contributed by atoms with Gasteiger partial charge in [-0.05, 0) is 42.9 Å². The zero-order valence-electron chi connectivity index (χ0n) is 7.84. The van der Waals surface area contributed by atoms with Gasteiger partial charge in [0.1, 0.15) is 0 Å². The minimum atomic E-state index is 0.275. The van der Waals surface area contributed by atoms with Crippen LogP contribution in [0.15, 0.2) is 12.2 Å². The second-order valence-corrected chi connectivity index (χ2v) is 4.62. The van der Waals surface area contributed by atoms with Crippen molar-refractivity contribution in [1.82, 2.24) is 0 Å². The Bertz CT molecular complexity index is 209. The Morgan fingerprint density at radius 2 is 2.33 bits per heavy atom. The van der Waals surface area contributed by atoms with Crippen molar-refractivity contribution >= 4 is 0 Å². The van der Waals surface area contributed by atoms with E-state index < -0.39 is 0 Å². The number of aliphatic hydroxyl groups excluding tert-OH is 1. The summed E-state index contributed by atoms with van der Waals surface area (Å²) >= 11 is 0. The maximum absolute atomic E-state index is 9.00. The molecule has 0 aromatic rings. The van der Waals surface area contributed by atoms with Crippen LogP contribution in [0.5, 0.6) is 0 Å². The first-order valence-electron chi connectivity index (χ1n) is 4.98. The highest BCUT2D eigenvalue weighted by molar-refractivity contribution is 5.24. The van der Waals surface area contributed by atoms with Crippen molar-refractivity contribution in [1.29, 1.82) is 0 Å². The predicted octanol–water partition coefficient (Wildman–Crippen LogP) is 2.36. The molecule has 2 rings (SSSR count). The second kappa shape index (κ2) is 2.59. The average Bonchev–Trinajstić information content (AvgIpc) is 2.57. The summed E-state index contributed by atoms with van der Waals surface area (Å²) in [4.78, 5) is 0. The van der Waals surface area contributed by atoms with Gasteiger partial charge < -0.3 is 5.11 Å². The third kappa shape index (κ3) is 0.891. The summed E-state index contributed by atoms with van der Waals surface area (Å²) in [5, 5.41) is 9.00. The number of allylic oxidation sites excluding steroid dienone is 1. The Kier molecular flexibility index (Phi) is 1.80. The SMILES string of the molecule is C=C1[C@@H]2CC[C@@H](C2)[C@@]1(C)CCO. The molecule has 68 valence electrons. The van der Waals surface area contributed by atoms with E-state index in [4.69, 9.17) is 5.11 Å². The maximum atomic E-state index is 9.00. The van der Waals surface area contributed by atoms with Crippen molar-refractivity contribution in [2.24, 2.45) is 17.3 Å². The average molecular weight is 166 g/mol. The second-order valence-electron chi connectivity index (χ2n) is 4.62. The van der Waals surface area contributed by atoms with Crippen LogP contribution in [0, 0.1) is 17.3 Å². The lowest BCUT2D eigenvalue weighted by Gasteiger charge is -2.35. The van der Waals surface area contributed by atoms with E-state index >= 15 is 0 Å². The Hall–Kier alpha value is -0.300. The molecule has 3 atom stereocenters. The predicted molar refractivity (Wildman–Crippen MR) is 49.8 cm³/mol. The lowest BCUT2D eigenvalue weighted by atomic mass is 9.70. The van der Waals surface area contributed by atoms with Gasteiger partial charge in [-0.15, -0.1) is 0 Å². The van der Waals surface area contributed by atoms with Gasteiger partial charge >= 0.3 is 0 Å². The molecule has 1 nitrogen and oxygen atoms in total. The molecule has 1 heteroatoms. The molecule has 2 fully saturated rings. The smallest absolute Gasteiger partial charge is 0.0439 e. The molecule has 2 aliphatic carbocycles. The van der Waals surface area contributed by atoms with Crippen molar-refractivity contribution in [2.75, 3.05) is 6.61 Å². The molecule has 2 saturated carbocycles. The van der Waals surface area contributed by atoms with Gasteiger partial charge in [0.2, 0.25) is 0 Å². The quantitative estimate of drug-likeness (QED) is 0.624. The summed E-state index contributed by atoms with van der Waals surface area (Å²) in [6.07, 6.45) is 4.98. The van der Waals surface area contributed by atoms with E-state index in [1.807, 2.05) is 0 Å². The summed E-state index contributed by atoms with van der Waals surface area (Å²) in [5.41, 5.74) is 1.70. The molecule has 0 saturated heterocycles. The highest BCUT2D eigenvalue weighted by atomic mass is 16.3. The Balaban J connectivity index is 2.20. The summed E-state index contributed by atoms with van der Waals surface area (Å²) in [5.74, 6) is 1.61. The molecule has 0 aromatic heterocycles. The molecule has 0 unspecified atom stereocenters. The minimum absolute atomic E-state index is 0.275. The van der Waals surface area contributed by atoms with Gasteiger partial charge in [-0.3, -0.25) is 0 Å². The molecule has 0 heterocycles. The van der Waals surface area contributed by atoms with Crippen molar-refractivity contribution in [3.05, 3.63) is 12.2 Å². The van der Waals surface area contributed by atoms with E-state index in [0.29, 0.717) is 6.61 Å². The van der Waals surface area contributed by atoms with Gasteiger partial charge in [-0.1, -0.05) is 19.1 Å². The van der Waals surface area contributed by atoms with Crippen molar-refractivity contribution < 1.29 is 5.11 Å². The van der Waals surface area contributed by atoms with Gasteiger partial charge in [-0.25, -0.2) is 0 Å². The largest absolute Gasteiger partial charge is 0.396 e. The minimum Gasteiger partial charge on any atom is -0.396 e. The number of aliphatic hydroxyl groups is 1. The molecule has 2 aliphatic rings. The van der Waals surface area contributed by atoms with Crippen LogP contribution in [0.3, 0.4) is 0 Å². The molecular weight excluding hydrogens is 148 g/mol. The Morgan fingerprint density at radius 3 is 2.83 bits per heavy atom. The van der Waals surface area contributed by atoms with E-state index in [9.17, 15) is 0 Å². The van der Waals surface area contributed by atoms with Crippen LogP contribution >= 0.6 is 0 Å². The monoisotopic (exact) mass is 166 g/mol. The van der Waals surface area contributed by atoms with Gasteiger partial charge in [-0.2, -0.15) is 0 Å². The fraction of sp³-hybridized carbons (Fsp3) is 0.818. The summed E-state index contributed by atoms with van der Waals surface area (Å²) in [7, 11) is 0. The third-order valence-corrected chi connectivity index (χ3v) is 4.19. The number of fused-ring (bicyclic) bond motifs is 2. The topological polar surface area (TPSA) is 20.2 Å². The fourth-order valence-electron chi connectivity index (χ4n) is 3.20. The summed E-state index contributed by atoms with van der Waals surface area (Å²) in [6, 6.07) is 0. The van der Waals surface area contributed by atoms with E-state index in [2.05, 4.69) is 13.5 Å². The molecule has 0 aromatic carbocycles. The van der Waals surface area contributed by atoms with E-state index in [1.54, 1.807) is 0 Å². The summed E-state index contributed by atoms with van der Waals surface area (Å²) in [6.45, 7) is 6.80. The Morgan fingerprint density at radius 1 is 1.58 bits per heavy atom. The Labute approximate surface area is 74.5 Å². The lowest BCUT2D eigenvalue weighted by Crippen LogP contribution is -2.27. The molecule has 0 aliphatic heterocycles. The van der Waals surface area contributed by atoms with Crippen LogP contribution in [0.2, 0.25) is 0 Å². The standard InChI is InChI=1S/C11H18O/c1-8-9-3-4-10(7-9)11(8,2)5-6-12/h9-10,12H,1,3-7H2,2H3/t9-,10+,11+/m1/s1. The van der Waals surface area contributed by atoms with Gasteiger partial charge in [0.25, 0.3) is 0 Å². The highest BCUT2D eigenvalue weighted by Crippen LogP contribution is 2.59. The molecule has 0 spiro atoms. The molecule has 0 amide bonds. The van der Waals surface area contributed by atoms with Crippen LogP contribution in [-0.2, 0) is 0 Å². The first kappa shape index (κ1) is 8.31. The first-order valence-corrected chi connectivity index (χ1v) is 4.98. The first-order chi connectivity index (χ1) is 5.68. The molecule has 2 bridgehead atoms. The van der Waals surface area contributed by atoms with Crippen molar-refractivity contribution in [3.63, 3.8) is 0 Å². The molecule has 0 radical (unpaired) electrons. The third-order valence-electron chi connectivity index (χ3n) is 4.19. The van der Waals surface area contributed by atoms with Crippen LogP contribution in [0.25, 0.3) is 0 Å². The van der Waals surface area contributed by atoms with Gasteiger partial charge in [0, 0.05) is 6.61 Å². The molecular formula is C11H18O. The van der Waals surface area contributed by atoms with Crippen LogP contribution in [0.4, 0.5) is 0 Å². The molecule has 1 N–H and O–H groups in total. The zero-order chi connectivity index (χ0) is 8.77. The normalized spacial score (nSPS) is 45.7. The fourth-order valence-corrected chi connectivity index (χ4v) is 3.20. The van der Waals surface area contributed by atoms with Gasteiger partial charge in [0.15, 0.2) is 0 Å². The van der Waals surface area contributed by atoms with Crippen LogP contribution < -0.4 is 0 Å². The van der Waals surface area contributed by atoms with Crippen LogP contribution in [0.1, 0.15) is 32.6 Å². The zero-order valence-corrected chi connectivity index (χ0v) is 7.84. The van der Waals surface area contributed by atoms with Crippen molar-refractivity contribution in [3.8, 4) is 0 Å². The number of hydrogen-bond acceptors (Lipinski definition) is 1.